The van der Waals surface area contributed by atoms with Gasteiger partial charge in [0.05, 0.1) is 18.9 Å². The lowest BCUT2D eigenvalue weighted by Crippen LogP contribution is -2.54. The second-order valence-electron chi connectivity index (χ2n) is 6.09. The third-order valence-corrected chi connectivity index (χ3v) is 4.85. The summed E-state index contributed by atoms with van der Waals surface area (Å²) < 4.78 is 0. The number of aromatic nitrogens is 2. The Morgan fingerprint density at radius 2 is 2.00 bits per heavy atom. The summed E-state index contributed by atoms with van der Waals surface area (Å²) in [5.74, 6) is -2.32. The Labute approximate surface area is 177 Å². The molecule has 7 N–H and O–H groups in total. The highest BCUT2D eigenvalue weighted by molar-refractivity contribution is 7.98. The molecule has 1 rings (SSSR count). The van der Waals surface area contributed by atoms with Gasteiger partial charge in [0.15, 0.2) is 0 Å². The molecule has 1 aromatic rings. The van der Waals surface area contributed by atoms with E-state index in [0.717, 1.165) is 0 Å². The lowest BCUT2D eigenvalue weighted by atomic mass is 10.1. The zero-order chi connectivity index (χ0) is 21.8. The van der Waals surface area contributed by atoms with Gasteiger partial charge >= 0.3 is 5.97 Å². The molecule has 3 amide bonds. The highest BCUT2D eigenvalue weighted by Gasteiger charge is 2.25. The molecule has 0 aliphatic rings. The Morgan fingerprint density at radius 1 is 1.28 bits per heavy atom. The molecule has 29 heavy (non-hydrogen) atoms. The van der Waals surface area contributed by atoms with E-state index in [-0.39, 0.29) is 18.6 Å². The van der Waals surface area contributed by atoms with E-state index in [9.17, 15) is 19.2 Å². The topological polar surface area (TPSA) is 179 Å². The Kier molecular flexibility index (Phi) is 11.2. The number of aliphatic carboxylic acids is 1. The van der Waals surface area contributed by atoms with E-state index in [4.69, 9.17) is 10.8 Å². The quantitative estimate of drug-likeness (QED) is 0.172. The molecule has 0 aliphatic heterocycles. The van der Waals surface area contributed by atoms with Gasteiger partial charge < -0.3 is 31.8 Å². The molecule has 0 fully saturated rings. The van der Waals surface area contributed by atoms with E-state index in [1.54, 1.807) is 0 Å². The van der Waals surface area contributed by atoms with Crippen LogP contribution in [-0.2, 0) is 25.6 Å². The van der Waals surface area contributed by atoms with Gasteiger partial charge in [-0.25, -0.2) is 9.78 Å². The number of carbonyl (C=O) groups is 4. The summed E-state index contributed by atoms with van der Waals surface area (Å²) in [6.07, 6.45) is 5.12. The number of carboxylic acids is 1. The van der Waals surface area contributed by atoms with E-state index in [2.05, 4.69) is 38.5 Å². The van der Waals surface area contributed by atoms with Gasteiger partial charge in [0.1, 0.15) is 12.1 Å². The summed E-state index contributed by atoms with van der Waals surface area (Å²) in [5, 5.41) is 16.4. The number of hydrogen-bond donors (Lipinski definition) is 7. The van der Waals surface area contributed by atoms with Gasteiger partial charge in [-0.15, -0.1) is 0 Å². The monoisotopic (exact) mass is 446 g/mol. The number of nitrogens with one attached hydrogen (secondary N) is 4. The molecular weight excluding hydrogens is 420 g/mol. The van der Waals surface area contributed by atoms with Crippen LogP contribution in [-0.4, -0.2) is 81.2 Å². The average Bonchev–Trinajstić information content (AvgIpc) is 3.20. The molecule has 13 heteroatoms. The lowest BCUT2D eigenvalue weighted by Gasteiger charge is -2.20. The van der Waals surface area contributed by atoms with Crippen LogP contribution in [0.2, 0.25) is 0 Å². The minimum absolute atomic E-state index is 0.0965. The van der Waals surface area contributed by atoms with Gasteiger partial charge in [0.2, 0.25) is 17.7 Å². The van der Waals surface area contributed by atoms with Crippen molar-refractivity contribution in [2.75, 3.05) is 24.3 Å². The summed E-state index contributed by atoms with van der Waals surface area (Å²) in [6, 6.07) is -2.94. The van der Waals surface area contributed by atoms with Gasteiger partial charge in [-0.05, 0) is 18.4 Å². The number of nitrogens with two attached hydrogens (primary N) is 1. The van der Waals surface area contributed by atoms with Crippen LogP contribution in [0.3, 0.4) is 0 Å². The second kappa shape index (κ2) is 13.1. The Balaban J connectivity index is 2.66. The molecule has 0 aliphatic carbocycles. The van der Waals surface area contributed by atoms with E-state index in [0.29, 0.717) is 11.4 Å². The number of amides is 3. The molecule has 0 aromatic carbocycles. The van der Waals surface area contributed by atoms with Crippen LogP contribution >= 0.6 is 24.4 Å². The first-order valence-electron chi connectivity index (χ1n) is 8.71. The number of aromatic amines is 1. The van der Waals surface area contributed by atoms with E-state index < -0.39 is 48.4 Å². The minimum Gasteiger partial charge on any atom is -0.480 e. The first-order valence-corrected chi connectivity index (χ1v) is 10.7. The number of thiol groups is 1. The van der Waals surface area contributed by atoms with Crippen LogP contribution in [0.4, 0.5) is 0 Å². The van der Waals surface area contributed by atoms with Crippen molar-refractivity contribution in [3.63, 3.8) is 0 Å². The number of carboxylic acid groups (broad SMARTS) is 1. The van der Waals surface area contributed by atoms with Crippen molar-refractivity contribution in [2.45, 2.75) is 31.0 Å². The van der Waals surface area contributed by atoms with Crippen molar-refractivity contribution < 1.29 is 24.3 Å². The third-order valence-electron chi connectivity index (χ3n) is 3.81. The van der Waals surface area contributed by atoms with E-state index >= 15 is 0 Å². The largest absolute Gasteiger partial charge is 0.480 e. The fourth-order valence-corrected chi connectivity index (χ4v) is 2.85. The van der Waals surface area contributed by atoms with Crippen LogP contribution in [0, 0.1) is 0 Å². The molecule has 3 atom stereocenters. The number of nitrogens with zero attached hydrogens (tertiary/aromatic N) is 1. The predicted molar refractivity (Wildman–Crippen MR) is 112 cm³/mol. The van der Waals surface area contributed by atoms with Gasteiger partial charge in [-0.2, -0.15) is 24.4 Å². The van der Waals surface area contributed by atoms with Crippen molar-refractivity contribution in [3.05, 3.63) is 18.2 Å². The van der Waals surface area contributed by atoms with Crippen LogP contribution < -0.4 is 21.7 Å². The van der Waals surface area contributed by atoms with Crippen molar-refractivity contribution in [3.8, 4) is 0 Å². The Hall–Kier alpha value is -2.25. The summed E-state index contributed by atoms with van der Waals surface area (Å²) in [4.78, 5) is 54.4. The molecule has 11 nitrogen and oxygen atoms in total. The van der Waals surface area contributed by atoms with Crippen molar-refractivity contribution in [1.29, 1.82) is 0 Å². The lowest BCUT2D eigenvalue weighted by molar-refractivity contribution is -0.141. The highest BCUT2D eigenvalue weighted by atomic mass is 32.2. The van der Waals surface area contributed by atoms with Crippen molar-refractivity contribution >= 4 is 48.1 Å². The molecule has 1 heterocycles. The SMILES string of the molecule is CSCCC(NC(=O)CNC(=O)C(Cc1cnc[nH]1)NC(=O)C(N)CS)C(=O)O. The Morgan fingerprint density at radius 3 is 2.55 bits per heavy atom. The van der Waals surface area contributed by atoms with Gasteiger partial charge in [0.25, 0.3) is 0 Å². The van der Waals surface area contributed by atoms with Crippen LogP contribution in [0.5, 0.6) is 0 Å². The number of imidazole rings is 1. The maximum absolute atomic E-state index is 12.5. The molecule has 0 radical (unpaired) electrons. The van der Waals surface area contributed by atoms with Crippen LogP contribution in [0.25, 0.3) is 0 Å². The third kappa shape index (κ3) is 9.19. The van der Waals surface area contributed by atoms with Crippen LogP contribution in [0.15, 0.2) is 12.5 Å². The normalized spacial score (nSPS) is 13.8. The van der Waals surface area contributed by atoms with E-state index in [1.165, 1.54) is 24.3 Å². The summed E-state index contributed by atoms with van der Waals surface area (Å²) in [7, 11) is 0. The number of H-pyrrole nitrogens is 1. The molecule has 162 valence electrons. The fraction of sp³-hybridized carbons (Fsp3) is 0.562. The summed E-state index contributed by atoms with van der Waals surface area (Å²) >= 11 is 5.41. The molecule has 3 unspecified atom stereocenters. The predicted octanol–water partition coefficient (Wildman–Crippen LogP) is -1.87. The van der Waals surface area contributed by atoms with Crippen molar-refractivity contribution in [2.24, 2.45) is 5.73 Å². The molecule has 0 spiro atoms. The fourth-order valence-electron chi connectivity index (χ4n) is 2.22. The maximum Gasteiger partial charge on any atom is 0.326 e. The summed E-state index contributed by atoms with van der Waals surface area (Å²) in [5.41, 5.74) is 6.22. The minimum atomic E-state index is -1.15. The second-order valence-corrected chi connectivity index (χ2v) is 7.44. The standard InChI is InChI=1S/C16H26N6O5S2/c1-29-3-2-11(16(26)27)21-13(23)6-19-15(25)12(4-9-5-18-8-20-9)22-14(24)10(17)7-28/h5,8,10-12,28H,2-4,6-7,17H2,1H3,(H,18,20)(H,19,25)(H,21,23)(H,22,24)(H,26,27). The Bertz CT molecular complexity index is 687. The molecule has 1 aromatic heterocycles. The van der Waals surface area contributed by atoms with Crippen LogP contribution in [0.1, 0.15) is 12.1 Å². The van der Waals surface area contributed by atoms with Gasteiger partial charge in [-0.3, -0.25) is 14.4 Å². The number of rotatable bonds is 13. The zero-order valence-corrected chi connectivity index (χ0v) is 17.6. The first kappa shape index (κ1) is 24.8. The molecule has 0 saturated heterocycles. The van der Waals surface area contributed by atoms with Gasteiger partial charge in [-0.1, -0.05) is 0 Å². The molecule has 0 saturated carbocycles. The van der Waals surface area contributed by atoms with Crippen molar-refractivity contribution in [1.82, 2.24) is 25.9 Å². The number of thioether (sulfide) groups is 1. The van der Waals surface area contributed by atoms with E-state index in [1.807, 2.05) is 6.26 Å². The zero-order valence-electron chi connectivity index (χ0n) is 15.9. The average molecular weight is 447 g/mol. The number of hydrogen-bond acceptors (Lipinski definition) is 8. The highest BCUT2D eigenvalue weighted by Crippen LogP contribution is 2.02. The van der Waals surface area contributed by atoms with Gasteiger partial charge in [0, 0.05) is 24.1 Å². The maximum atomic E-state index is 12.5. The first-order chi connectivity index (χ1) is 13.8. The molecule has 0 bridgehead atoms. The summed E-state index contributed by atoms with van der Waals surface area (Å²) in [6.45, 7) is -0.435. The number of carbonyl (C=O) groups excluding carboxylic acids is 3. The molecular formula is C16H26N6O5S2. The smallest absolute Gasteiger partial charge is 0.326 e.